The fourth-order valence-electron chi connectivity index (χ4n) is 0.911. The zero-order valence-corrected chi connectivity index (χ0v) is 8.04. The molecule has 1 aromatic rings. The Morgan fingerprint density at radius 3 is 2.85 bits per heavy atom. The standard InChI is InChI=1S/C9H10O3S/c1-12-5-8(11)6-2-3-7(10)9(13)4-6/h2-4,10,13H,5H2,1H3. The molecule has 0 saturated heterocycles. The van der Waals surface area contributed by atoms with Crippen LogP contribution in [-0.2, 0) is 4.74 Å². The van der Waals surface area contributed by atoms with Crippen molar-refractivity contribution in [2.24, 2.45) is 0 Å². The highest BCUT2D eigenvalue weighted by Crippen LogP contribution is 2.21. The lowest BCUT2D eigenvalue weighted by Crippen LogP contribution is -2.06. The van der Waals surface area contributed by atoms with E-state index in [0.717, 1.165) is 0 Å². The molecule has 0 fully saturated rings. The number of rotatable bonds is 3. The van der Waals surface area contributed by atoms with Crippen LogP contribution in [0.2, 0.25) is 0 Å². The Morgan fingerprint density at radius 1 is 1.62 bits per heavy atom. The number of phenols is 1. The number of ketones is 1. The number of carbonyl (C=O) groups excluding carboxylic acids is 1. The maximum atomic E-state index is 11.3. The molecule has 70 valence electrons. The topological polar surface area (TPSA) is 46.5 Å². The normalized spacial score (nSPS) is 10.0. The van der Waals surface area contributed by atoms with Gasteiger partial charge in [-0.05, 0) is 18.2 Å². The Hall–Kier alpha value is -1.00. The van der Waals surface area contributed by atoms with E-state index in [9.17, 15) is 4.79 Å². The number of hydrogen-bond acceptors (Lipinski definition) is 4. The van der Waals surface area contributed by atoms with Gasteiger partial charge >= 0.3 is 0 Å². The summed E-state index contributed by atoms with van der Waals surface area (Å²) in [5, 5.41) is 9.14. The number of Topliss-reactive ketones (excluding diaryl/α,β-unsaturated/α-hetero) is 1. The van der Waals surface area contributed by atoms with Crippen molar-refractivity contribution < 1.29 is 14.6 Å². The molecule has 3 nitrogen and oxygen atoms in total. The number of hydrogen-bond donors (Lipinski definition) is 2. The summed E-state index contributed by atoms with van der Waals surface area (Å²) in [6.07, 6.45) is 0. The first kappa shape index (κ1) is 10.1. The quantitative estimate of drug-likeness (QED) is 0.571. The molecule has 0 aliphatic rings. The average molecular weight is 198 g/mol. The maximum absolute atomic E-state index is 11.3. The highest BCUT2D eigenvalue weighted by molar-refractivity contribution is 7.80. The van der Waals surface area contributed by atoms with E-state index < -0.39 is 0 Å². The fourth-order valence-corrected chi connectivity index (χ4v) is 1.12. The summed E-state index contributed by atoms with van der Waals surface area (Å²) in [6, 6.07) is 4.49. The van der Waals surface area contributed by atoms with Crippen LogP contribution in [0.5, 0.6) is 5.75 Å². The smallest absolute Gasteiger partial charge is 0.188 e. The van der Waals surface area contributed by atoms with Gasteiger partial charge in [0.15, 0.2) is 5.78 Å². The first-order valence-electron chi connectivity index (χ1n) is 3.69. The lowest BCUT2D eigenvalue weighted by atomic mass is 10.1. The fraction of sp³-hybridized carbons (Fsp3) is 0.222. The molecule has 0 aromatic heterocycles. The molecule has 0 radical (unpaired) electrons. The maximum Gasteiger partial charge on any atom is 0.188 e. The number of aromatic hydroxyl groups is 1. The molecule has 13 heavy (non-hydrogen) atoms. The van der Waals surface area contributed by atoms with Crippen molar-refractivity contribution in [1.29, 1.82) is 0 Å². The first-order valence-corrected chi connectivity index (χ1v) is 4.14. The third kappa shape index (κ3) is 2.47. The van der Waals surface area contributed by atoms with E-state index in [1.54, 1.807) is 0 Å². The van der Waals surface area contributed by atoms with Gasteiger partial charge in [-0.1, -0.05) is 0 Å². The van der Waals surface area contributed by atoms with Crippen molar-refractivity contribution in [3.63, 3.8) is 0 Å². The van der Waals surface area contributed by atoms with Gasteiger partial charge in [0, 0.05) is 17.6 Å². The van der Waals surface area contributed by atoms with Gasteiger partial charge in [-0.15, -0.1) is 12.6 Å². The Morgan fingerprint density at radius 2 is 2.31 bits per heavy atom. The molecule has 4 heteroatoms. The summed E-state index contributed by atoms with van der Waals surface area (Å²) in [6.45, 7) is 0.0397. The second-order valence-corrected chi connectivity index (χ2v) is 3.04. The van der Waals surface area contributed by atoms with Crippen molar-refractivity contribution in [2.75, 3.05) is 13.7 Å². The number of methoxy groups -OCH3 is 1. The van der Waals surface area contributed by atoms with E-state index in [0.29, 0.717) is 10.5 Å². The molecular weight excluding hydrogens is 188 g/mol. The molecule has 0 bridgehead atoms. The van der Waals surface area contributed by atoms with Crippen molar-refractivity contribution >= 4 is 18.4 Å². The van der Waals surface area contributed by atoms with Gasteiger partial charge in [-0.25, -0.2) is 0 Å². The number of carbonyl (C=O) groups is 1. The number of ether oxygens (including phenoxy) is 1. The van der Waals surface area contributed by atoms with Crippen LogP contribution in [-0.4, -0.2) is 24.6 Å². The summed E-state index contributed by atoms with van der Waals surface area (Å²) < 4.78 is 4.69. The van der Waals surface area contributed by atoms with Crippen LogP contribution in [0.3, 0.4) is 0 Å². The first-order chi connectivity index (χ1) is 6.15. The van der Waals surface area contributed by atoms with Crippen LogP contribution in [0.25, 0.3) is 0 Å². The van der Waals surface area contributed by atoms with E-state index in [4.69, 9.17) is 9.84 Å². The van der Waals surface area contributed by atoms with E-state index in [1.807, 2.05) is 0 Å². The van der Waals surface area contributed by atoms with E-state index >= 15 is 0 Å². The average Bonchev–Trinajstić information content (AvgIpc) is 2.10. The number of benzene rings is 1. The molecule has 0 saturated carbocycles. The molecule has 1 aromatic carbocycles. The largest absolute Gasteiger partial charge is 0.507 e. The van der Waals surface area contributed by atoms with Crippen LogP contribution in [0.15, 0.2) is 23.1 Å². The third-order valence-corrected chi connectivity index (χ3v) is 1.93. The Labute approximate surface area is 81.8 Å². The molecule has 0 unspecified atom stereocenters. The van der Waals surface area contributed by atoms with Crippen molar-refractivity contribution in [3.8, 4) is 5.75 Å². The summed E-state index contributed by atoms with van der Waals surface area (Å²) in [4.78, 5) is 11.7. The van der Waals surface area contributed by atoms with Gasteiger partial charge in [-0.3, -0.25) is 4.79 Å². The minimum absolute atomic E-state index is 0.0397. The van der Waals surface area contributed by atoms with E-state index in [1.165, 1.54) is 25.3 Å². The highest BCUT2D eigenvalue weighted by Gasteiger charge is 2.06. The van der Waals surface area contributed by atoms with Crippen LogP contribution in [0, 0.1) is 0 Å². The molecule has 0 amide bonds. The molecule has 1 N–H and O–H groups in total. The Bertz CT molecular complexity index is 323. The monoisotopic (exact) mass is 198 g/mol. The summed E-state index contributed by atoms with van der Waals surface area (Å²) in [5.41, 5.74) is 0.490. The van der Waals surface area contributed by atoms with Crippen molar-refractivity contribution in [2.45, 2.75) is 4.90 Å². The van der Waals surface area contributed by atoms with Gasteiger partial charge in [0.05, 0.1) is 0 Å². The lowest BCUT2D eigenvalue weighted by Gasteiger charge is -2.01. The Balaban J connectivity index is 2.90. The molecule has 0 atom stereocenters. The molecule has 0 aliphatic carbocycles. The molecule has 1 rings (SSSR count). The predicted molar refractivity (Wildman–Crippen MR) is 51.6 cm³/mol. The van der Waals surface area contributed by atoms with E-state index in [2.05, 4.69) is 12.6 Å². The van der Waals surface area contributed by atoms with Gasteiger partial charge in [0.1, 0.15) is 12.4 Å². The minimum atomic E-state index is -0.127. The van der Waals surface area contributed by atoms with Crippen LogP contribution >= 0.6 is 12.6 Å². The zero-order valence-electron chi connectivity index (χ0n) is 7.15. The molecular formula is C9H10O3S. The van der Waals surface area contributed by atoms with Gasteiger partial charge in [0.25, 0.3) is 0 Å². The van der Waals surface area contributed by atoms with Crippen LogP contribution in [0.1, 0.15) is 10.4 Å². The Kier molecular flexibility index (Phi) is 3.33. The van der Waals surface area contributed by atoms with Crippen LogP contribution < -0.4 is 0 Å². The van der Waals surface area contributed by atoms with Crippen LogP contribution in [0.4, 0.5) is 0 Å². The lowest BCUT2D eigenvalue weighted by molar-refractivity contribution is 0.0848. The highest BCUT2D eigenvalue weighted by atomic mass is 32.1. The number of phenolic OH excluding ortho intramolecular Hbond substituents is 1. The molecule has 0 aliphatic heterocycles. The SMILES string of the molecule is COCC(=O)c1ccc(O)c(S)c1. The van der Waals surface area contributed by atoms with Crippen molar-refractivity contribution in [3.05, 3.63) is 23.8 Å². The van der Waals surface area contributed by atoms with Gasteiger partial charge in [-0.2, -0.15) is 0 Å². The third-order valence-electron chi connectivity index (χ3n) is 1.57. The second kappa shape index (κ2) is 4.30. The van der Waals surface area contributed by atoms with E-state index in [-0.39, 0.29) is 18.1 Å². The summed E-state index contributed by atoms with van der Waals surface area (Å²) in [7, 11) is 1.46. The molecule has 0 heterocycles. The van der Waals surface area contributed by atoms with Gasteiger partial charge < -0.3 is 9.84 Å². The summed E-state index contributed by atoms with van der Waals surface area (Å²) in [5.74, 6) is -0.0601. The number of thiol groups is 1. The molecule has 0 spiro atoms. The second-order valence-electron chi connectivity index (χ2n) is 2.56. The predicted octanol–water partition coefficient (Wildman–Crippen LogP) is 1.51. The van der Waals surface area contributed by atoms with Crippen molar-refractivity contribution in [1.82, 2.24) is 0 Å². The summed E-state index contributed by atoms with van der Waals surface area (Å²) >= 11 is 3.99. The zero-order chi connectivity index (χ0) is 9.84. The minimum Gasteiger partial charge on any atom is -0.507 e. The van der Waals surface area contributed by atoms with Gasteiger partial charge in [0.2, 0.25) is 0 Å².